The van der Waals surface area contributed by atoms with Gasteiger partial charge in [-0.2, -0.15) is 0 Å². The smallest absolute Gasteiger partial charge is 0.338 e. The lowest BCUT2D eigenvalue weighted by atomic mass is 10.2. The number of hydrogen-bond acceptors (Lipinski definition) is 4. The summed E-state index contributed by atoms with van der Waals surface area (Å²) in [6, 6.07) is 9.88. The van der Waals surface area contributed by atoms with E-state index in [0.717, 1.165) is 5.56 Å². The number of halogens is 2. The molecule has 0 bridgehead atoms. The summed E-state index contributed by atoms with van der Waals surface area (Å²) in [5.74, 6) is 0.544. The highest BCUT2D eigenvalue weighted by molar-refractivity contribution is 6.42. The van der Waals surface area contributed by atoms with Crippen molar-refractivity contribution in [1.82, 2.24) is 0 Å². The highest BCUT2D eigenvalue weighted by Gasteiger charge is 2.12. The van der Waals surface area contributed by atoms with Gasteiger partial charge < -0.3 is 14.2 Å². The van der Waals surface area contributed by atoms with Crippen LogP contribution in [0.5, 0.6) is 11.5 Å². The molecule has 6 heteroatoms. The minimum absolute atomic E-state index is 0.101. The van der Waals surface area contributed by atoms with Crippen LogP contribution in [0.2, 0.25) is 10.0 Å². The van der Waals surface area contributed by atoms with E-state index in [1.165, 1.54) is 14.2 Å². The van der Waals surface area contributed by atoms with Gasteiger partial charge in [0.25, 0.3) is 0 Å². The number of rotatable bonds is 5. The summed E-state index contributed by atoms with van der Waals surface area (Å²) < 4.78 is 15.5. The van der Waals surface area contributed by atoms with Crippen molar-refractivity contribution in [1.29, 1.82) is 0 Å². The molecule has 2 rings (SSSR count). The fraction of sp³-hybridized carbons (Fsp3) is 0.188. The summed E-state index contributed by atoms with van der Waals surface area (Å²) in [6.45, 7) is 0.101. The van der Waals surface area contributed by atoms with E-state index in [-0.39, 0.29) is 6.61 Å². The zero-order valence-corrected chi connectivity index (χ0v) is 13.6. The summed E-state index contributed by atoms with van der Waals surface area (Å²) in [5.41, 5.74) is 1.13. The van der Waals surface area contributed by atoms with Crippen molar-refractivity contribution in [3.63, 3.8) is 0 Å². The van der Waals surface area contributed by atoms with Gasteiger partial charge in [-0.1, -0.05) is 29.3 Å². The molecule has 0 unspecified atom stereocenters. The Labute approximate surface area is 138 Å². The lowest BCUT2D eigenvalue weighted by Crippen LogP contribution is -2.06. The van der Waals surface area contributed by atoms with E-state index in [1.807, 2.05) is 0 Å². The van der Waals surface area contributed by atoms with Crippen LogP contribution in [0.15, 0.2) is 36.4 Å². The van der Waals surface area contributed by atoms with E-state index in [1.54, 1.807) is 36.4 Å². The number of carbonyl (C=O) groups is 1. The van der Waals surface area contributed by atoms with Crippen LogP contribution in [0.1, 0.15) is 15.9 Å². The largest absolute Gasteiger partial charge is 0.493 e. The molecule has 0 aromatic heterocycles. The Morgan fingerprint density at radius 2 is 1.68 bits per heavy atom. The number of ether oxygens (including phenoxy) is 3. The third-order valence-electron chi connectivity index (χ3n) is 2.97. The van der Waals surface area contributed by atoms with Gasteiger partial charge in [0.15, 0.2) is 11.5 Å². The van der Waals surface area contributed by atoms with Gasteiger partial charge in [-0.25, -0.2) is 4.79 Å². The second kappa shape index (κ2) is 7.38. The summed E-state index contributed by atoms with van der Waals surface area (Å²) in [7, 11) is 3.03. The minimum atomic E-state index is -0.466. The molecule has 0 radical (unpaired) electrons. The molecule has 0 atom stereocenters. The van der Waals surface area contributed by atoms with Crippen LogP contribution < -0.4 is 9.47 Å². The number of benzene rings is 2. The molecule has 0 N–H and O–H groups in total. The van der Waals surface area contributed by atoms with Gasteiger partial charge in [0.05, 0.1) is 29.8 Å². The average molecular weight is 341 g/mol. The molecule has 0 amide bonds. The van der Waals surface area contributed by atoms with E-state index in [9.17, 15) is 4.79 Å². The quantitative estimate of drug-likeness (QED) is 0.758. The van der Waals surface area contributed by atoms with Gasteiger partial charge in [0, 0.05) is 0 Å². The Balaban J connectivity index is 2.07. The first-order valence-electron chi connectivity index (χ1n) is 6.38. The lowest BCUT2D eigenvalue weighted by molar-refractivity contribution is 0.0472. The molecule has 22 heavy (non-hydrogen) atoms. The molecule has 0 spiro atoms. The van der Waals surface area contributed by atoms with Gasteiger partial charge in [0.2, 0.25) is 0 Å². The summed E-state index contributed by atoms with van der Waals surface area (Å²) in [6.07, 6.45) is 0. The Kier molecular flexibility index (Phi) is 5.52. The summed E-state index contributed by atoms with van der Waals surface area (Å²) in [5, 5.41) is 0.873. The highest BCUT2D eigenvalue weighted by Crippen LogP contribution is 2.28. The molecule has 0 saturated heterocycles. The Morgan fingerprint density at radius 3 is 2.32 bits per heavy atom. The Hall–Kier alpha value is -1.91. The molecule has 116 valence electrons. The lowest BCUT2D eigenvalue weighted by Gasteiger charge is -2.10. The van der Waals surface area contributed by atoms with Gasteiger partial charge in [-0.05, 0) is 35.9 Å². The molecule has 0 aliphatic heterocycles. The van der Waals surface area contributed by atoms with Crippen molar-refractivity contribution in [3.05, 3.63) is 57.6 Å². The first-order valence-corrected chi connectivity index (χ1v) is 7.14. The van der Waals surface area contributed by atoms with E-state index in [2.05, 4.69) is 0 Å². The summed E-state index contributed by atoms with van der Waals surface area (Å²) in [4.78, 5) is 12.1. The van der Waals surface area contributed by atoms with Crippen molar-refractivity contribution in [3.8, 4) is 11.5 Å². The van der Waals surface area contributed by atoms with E-state index >= 15 is 0 Å². The van der Waals surface area contributed by atoms with Crippen molar-refractivity contribution < 1.29 is 19.0 Å². The van der Waals surface area contributed by atoms with Crippen LogP contribution in [-0.4, -0.2) is 20.2 Å². The zero-order chi connectivity index (χ0) is 16.1. The molecule has 0 aliphatic carbocycles. The number of hydrogen-bond donors (Lipinski definition) is 0. The van der Waals surface area contributed by atoms with Crippen LogP contribution in [0, 0.1) is 0 Å². The SMILES string of the molecule is COc1ccc(C(=O)OCc2ccc(Cl)c(Cl)c2)cc1OC. The molecular formula is C16H14Cl2O4. The fourth-order valence-corrected chi connectivity index (χ4v) is 2.15. The first-order chi connectivity index (χ1) is 10.5. The zero-order valence-electron chi connectivity index (χ0n) is 12.1. The monoisotopic (exact) mass is 340 g/mol. The van der Waals surface area contributed by atoms with Crippen molar-refractivity contribution in [2.45, 2.75) is 6.61 Å². The standard InChI is InChI=1S/C16H14Cl2O4/c1-20-14-6-4-11(8-15(14)21-2)16(19)22-9-10-3-5-12(17)13(18)7-10/h3-8H,9H2,1-2H3. The maximum Gasteiger partial charge on any atom is 0.338 e. The second-order valence-corrected chi connectivity index (χ2v) is 5.21. The van der Waals surface area contributed by atoms with E-state index in [4.69, 9.17) is 37.4 Å². The summed E-state index contributed by atoms with van der Waals surface area (Å²) >= 11 is 11.8. The molecule has 0 aliphatic rings. The third kappa shape index (κ3) is 3.84. The predicted molar refractivity (Wildman–Crippen MR) is 85.1 cm³/mol. The highest BCUT2D eigenvalue weighted by atomic mass is 35.5. The van der Waals surface area contributed by atoms with Crippen molar-refractivity contribution in [2.24, 2.45) is 0 Å². The second-order valence-electron chi connectivity index (χ2n) is 4.39. The number of carbonyl (C=O) groups excluding carboxylic acids is 1. The number of methoxy groups -OCH3 is 2. The molecule has 2 aromatic carbocycles. The molecule has 0 saturated carbocycles. The van der Waals surface area contributed by atoms with Crippen LogP contribution >= 0.6 is 23.2 Å². The molecule has 0 fully saturated rings. The van der Waals surface area contributed by atoms with Crippen molar-refractivity contribution >= 4 is 29.2 Å². The molecule has 4 nitrogen and oxygen atoms in total. The van der Waals surface area contributed by atoms with Gasteiger partial charge in [-0.3, -0.25) is 0 Å². The average Bonchev–Trinajstić information content (AvgIpc) is 2.54. The third-order valence-corrected chi connectivity index (χ3v) is 3.71. The Bertz CT molecular complexity index is 686. The van der Waals surface area contributed by atoms with Gasteiger partial charge in [0.1, 0.15) is 6.61 Å². The topological polar surface area (TPSA) is 44.8 Å². The van der Waals surface area contributed by atoms with Crippen LogP contribution in [-0.2, 0) is 11.3 Å². The van der Waals surface area contributed by atoms with Crippen molar-refractivity contribution in [2.75, 3.05) is 14.2 Å². The number of esters is 1. The van der Waals surface area contributed by atoms with E-state index < -0.39 is 5.97 Å². The fourth-order valence-electron chi connectivity index (χ4n) is 1.82. The first kappa shape index (κ1) is 16.5. The normalized spacial score (nSPS) is 10.2. The van der Waals surface area contributed by atoms with Crippen LogP contribution in [0.4, 0.5) is 0 Å². The van der Waals surface area contributed by atoms with E-state index in [0.29, 0.717) is 27.1 Å². The predicted octanol–water partition coefficient (Wildman–Crippen LogP) is 4.37. The maximum atomic E-state index is 12.1. The molecule has 2 aromatic rings. The van der Waals surface area contributed by atoms with Crippen LogP contribution in [0.3, 0.4) is 0 Å². The van der Waals surface area contributed by atoms with Gasteiger partial charge in [-0.15, -0.1) is 0 Å². The molecule has 0 heterocycles. The Morgan fingerprint density at radius 1 is 0.955 bits per heavy atom. The maximum absolute atomic E-state index is 12.1. The molecular weight excluding hydrogens is 327 g/mol. The minimum Gasteiger partial charge on any atom is -0.493 e. The van der Waals surface area contributed by atoms with Crippen LogP contribution in [0.25, 0.3) is 0 Å². The van der Waals surface area contributed by atoms with Gasteiger partial charge >= 0.3 is 5.97 Å².